The van der Waals surface area contributed by atoms with Crippen LogP contribution < -0.4 is 11.2 Å². The van der Waals surface area contributed by atoms with Gasteiger partial charge in [0.15, 0.2) is 6.29 Å². The van der Waals surface area contributed by atoms with Crippen molar-refractivity contribution in [1.29, 1.82) is 0 Å². The summed E-state index contributed by atoms with van der Waals surface area (Å²) >= 11 is 0. The lowest BCUT2D eigenvalue weighted by Crippen LogP contribution is -2.27. The zero-order valence-electron chi connectivity index (χ0n) is 6.69. The molecule has 0 rings (SSSR count). The van der Waals surface area contributed by atoms with Crippen molar-refractivity contribution in [1.82, 2.24) is 5.32 Å². The Labute approximate surface area is 70.3 Å². The third kappa shape index (κ3) is 7.26. The molecule has 0 aliphatic heterocycles. The maximum Gasteiger partial charge on any atom is 0.425 e. The van der Waals surface area contributed by atoms with E-state index in [2.05, 4.69) is 16.1 Å². The minimum atomic E-state index is -1.27. The summed E-state index contributed by atoms with van der Waals surface area (Å²) in [6, 6.07) is 0. The first-order valence-corrected chi connectivity index (χ1v) is 3.67. The summed E-state index contributed by atoms with van der Waals surface area (Å²) in [5, 5.41) is 19.2. The van der Waals surface area contributed by atoms with Crippen LogP contribution in [0.4, 0.5) is 4.79 Å². The van der Waals surface area contributed by atoms with Crippen LogP contribution in [0.3, 0.4) is 0 Å². The van der Waals surface area contributed by atoms with E-state index in [4.69, 9.17) is 10.2 Å². The summed E-state index contributed by atoms with van der Waals surface area (Å²) in [6.45, 7) is 0.419. The van der Waals surface area contributed by atoms with E-state index in [9.17, 15) is 4.79 Å². The van der Waals surface area contributed by atoms with Gasteiger partial charge in [-0.1, -0.05) is 0 Å². The second-order valence-corrected chi connectivity index (χ2v) is 2.31. The minimum Gasteiger partial charge on any atom is -0.368 e. The van der Waals surface area contributed by atoms with Crippen LogP contribution in [-0.4, -0.2) is 29.1 Å². The van der Waals surface area contributed by atoms with Gasteiger partial charge in [0.1, 0.15) is 0 Å². The summed E-state index contributed by atoms with van der Waals surface area (Å²) in [4.78, 5) is 14.2. The van der Waals surface area contributed by atoms with Crippen LogP contribution in [0.5, 0.6) is 0 Å². The van der Waals surface area contributed by atoms with Gasteiger partial charge in [-0.2, -0.15) is 5.90 Å². The molecule has 0 heterocycles. The zero-order chi connectivity index (χ0) is 9.40. The van der Waals surface area contributed by atoms with E-state index in [1.165, 1.54) is 0 Å². The molecule has 6 heteroatoms. The maximum atomic E-state index is 10.4. The highest BCUT2D eigenvalue weighted by Gasteiger charge is 1.99. The molecular weight excluding hydrogens is 164 g/mol. The largest absolute Gasteiger partial charge is 0.425 e. The Hall–Kier alpha value is -0.850. The third-order valence-corrected chi connectivity index (χ3v) is 1.27. The van der Waals surface area contributed by atoms with Crippen molar-refractivity contribution in [3.8, 4) is 0 Å². The summed E-state index contributed by atoms with van der Waals surface area (Å²) < 4.78 is 0. The number of unbranched alkanes of at least 4 members (excludes halogenated alkanes) is 1. The fourth-order valence-corrected chi connectivity index (χ4v) is 0.684. The van der Waals surface area contributed by atoms with Crippen molar-refractivity contribution < 1.29 is 19.8 Å². The van der Waals surface area contributed by atoms with Gasteiger partial charge in [-0.05, 0) is 19.3 Å². The van der Waals surface area contributed by atoms with E-state index in [1.54, 1.807) is 0 Å². The summed E-state index contributed by atoms with van der Waals surface area (Å²) in [6.07, 6.45) is -0.361. The maximum absolute atomic E-state index is 10.4. The number of rotatable bonds is 5. The van der Waals surface area contributed by atoms with Gasteiger partial charge in [0.2, 0.25) is 0 Å². The Morgan fingerprint density at radius 1 is 1.50 bits per heavy atom. The van der Waals surface area contributed by atoms with Gasteiger partial charge in [0, 0.05) is 6.54 Å². The molecule has 0 radical (unpaired) electrons. The summed E-state index contributed by atoms with van der Waals surface area (Å²) in [7, 11) is 0. The third-order valence-electron chi connectivity index (χ3n) is 1.27. The number of amides is 1. The molecule has 0 saturated carbocycles. The number of aliphatic hydroxyl groups excluding tert-OH is 1. The van der Waals surface area contributed by atoms with Gasteiger partial charge >= 0.3 is 6.09 Å². The zero-order valence-corrected chi connectivity index (χ0v) is 6.69. The number of aliphatic hydroxyl groups is 2. The first kappa shape index (κ1) is 11.2. The predicted octanol–water partition coefficient (Wildman–Crippen LogP) is -0.933. The molecule has 0 aliphatic rings. The monoisotopic (exact) mass is 178 g/mol. The molecule has 0 aliphatic carbocycles. The van der Waals surface area contributed by atoms with Crippen LogP contribution in [0.1, 0.15) is 19.3 Å². The highest BCUT2D eigenvalue weighted by molar-refractivity contribution is 5.66. The van der Waals surface area contributed by atoms with Gasteiger partial charge < -0.3 is 20.4 Å². The van der Waals surface area contributed by atoms with Gasteiger partial charge in [0.25, 0.3) is 0 Å². The lowest BCUT2D eigenvalue weighted by molar-refractivity contribution is -0.0464. The summed E-state index contributed by atoms with van der Waals surface area (Å²) in [5.74, 6) is 4.54. The van der Waals surface area contributed by atoms with E-state index in [-0.39, 0.29) is 0 Å². The van der Waals surface area contributed by atoms with Crippen molar-refractivity contribution in [3.63, 3.8) is 0 Å². The summed E-state index contributed by atoms with van der Waals surface area (Å²) in [5.41, 5.74) is 0. The molecule has 0 aromatic heterocycles. The number of carbonyl (C=O) groups is 1. The number of hydrogen-bond donors (Lipinski definition) is 4. The average Bonchev–Trinajstić information content (AvgIpc) is 2.03. The lowest BCUT2D eigenvalue weighted by atomic mass is 10.2. The minimum absolute atomic E-state index is 0.305. The molecule has 0 aromatic rings. The van der Waals surface area contributed by atoms with Crippen LogP contribution in [0.2, 0.25) is 0 Å². The molecule has 0 aromatic carbocycles. The molecule has 0 spiro atoms. The molecule has 1 amide bonds. The normalized spacial score (nSPS) is 10.0. The first-order valence-electron chi connectivity index (χ1n) is 3.67. The van der Waals surface area contributed by atoms with E-state index in [1.807, 2.05) is 0 Å². The van der Waals surface area contributed by atoms with E-state index >= 15 is 0 Å². The molecule has 0 unspecified atom stereocenters. The molecule has 12 heavy (non-hydrogen) atoms. The second kappa shape index (κ2) is 6.84. The Kier molecular flexibility index (Phi) is 6.35. The number of nitrogens with one attached hydrogen (secondary N) is 1. The molecule has 72 valence electrons. The number of nitrogens with two attached hydrogens (primary N) is 1. The number of carbonyl (C=O) groups excluding carboxylic acids is 1. The van der Waals surface area contributed by atoms with Gasteiger partial charge in [-0.25, -0.2) is 4.79 Å². The van der Waals surface area contributed by atoms with Crippen molar-refractivity contribution in [3.05, 3.63) is 0 Å². The number of hydrogen-bond acceptors (Lipinski definition) is 5. The standard InChI is InChI=1S/C6H14N2O4/c7-12-6(11)8-4-2-1-3-5(9)10/h5,9-10H,1-4,7H2,(H,8,11). The van der Waals surface area contributed by atoms with Gasteiger partial charge in [-0.3, -0.25) is 0 Å². The quantitative estimate of drug-likeness (QED) is 0.247. The predicted molar refractivity (Wildman–Crippen MR) is 40.7 cm³/mol. The molecule has 0 fully saturated rings. The first-order chi connectivity index (χ1) is 5.66. The smallest absolute Gasteiger partial charge is 0.368 e. The van der Waals surface area contributed by atoms with Gasteiger partial charge in [0.05, 0.1) is 0 Å². The molecule has 5 N–H and O–H groups in total. The van der Waals surface area contributed by atoms with Crippen molar-refractivity contribution in [2.75, 3.05) is 6.54 Å². The fourth-order valence-electron chi connectivity index (χ4n) is 0.684. The second-order valence-electron chi connectivity index (χ2n) is 2.31. The molecule has 0 bridgehead atoms. The lowest BCUT2D eigenvalue weighted by Gasteiger charge is -2.03. The Bertz CT molecular complexity index is 129. The van der Waals surface area contributed by atoms with Crippen LogP contribution in [0, 0.1) is 0 Å². The SMILES string of the molecule is NOC(=O)NCCCCC(O)O. The van der Waals surface area contributed by atoms with E-state index < -0.39 is 12.4 Å². The van der Waals surface area contributed by atoms with Crippen molar-refractivity contribution >= 4 is 6.09 Å². The molecule has 6 nitrogen and oxygen atoms in total. The highest BCUT2D eigenvalue weighted by Crippen LogP contribution is 1.96. The van der Waals surface area contributed by atoms with Crippen LogP contribution in [0.25, 0.3) is 0 Å². The van der Waals surface area contributed by atoms with Crippen molar-refractivity contribution in [2.24, 2.45) is 5.90 Å². The highest BCUT2D eigenvalue weighted by atomic mass is 16.7. The van der Waals surface area contributed by atoms with E-state index in [0.29, 0.717) is 25.8 Å². The van der Waals surface area contributed by atoms with Gasteiger partial charge in [-0.15, -0.1) is 0 Å². The van der Waals surface area contributed by atoms with E-state index in [0.717, 1.165) is 0 Å². The Morgan fingerprint density at radius 2 is 2.17 bits per heavy atom. The van der Waals surface area contributed by atoms with Crippen LogP contribution >= 0.6 is 0 Å². The van der Waals surface area contributed by atoms with Crippen molar-refractivity contribution in [2.45, 2.75) is 25.6 Å². The average molecular weight is 178 g/mol. The Morgan fingerprint density at radius 3 is 2.67 bits per heavy atom. The molecule has 0 saturated heterocycles. The molecule has 0 atom stereocenters. The van der Waals surface area contributed by atoms with Crippen LogP contribution in [-0.2, 0) is 4.84 Å². The topological polar surface area (TPSA) is 105 Å². The Balaban J connectivity index is 3.05. The molecular formula is C6H14N2O4. The fraction of sp³-hybridized carbons (Fsp3) is 0.833. The van der Waals surface area contributed by atoms with Crippen LogP contribution in [0.15, 0.2) is 0 Å².